The molecule has 0 saturated carbocycles. The molecule has 1 aliphatic carbocycles. The second-order valence-corrected chi connectivity index (χ2v) is 3.81. The fraction of sp³-hybridized carbons (Fsp3) is 0.0714. The van der Waals surface area contributed by atoms with E-state index in [0.29, 0.717) is 0 Å². The number of aliphatic hydroxyl groups excluding tert-OH is 1. The Kier molecular flexibility index (Phi) is 1.79. The van der Waals surface area contributed by atoms with Gasteiger partial charge in [0.25, 0.3) is 0 Å². The van der Waals surface area contributed by atoms with Crippen LogP contribution in [0.2, 0.25) is 0 Å². The second kappa shape index (κ2) is 3.14. The van der Waals surface area contributed by atoms with Gasteiger partial charge in [-0.3, -0.25) is 0 Å². The van der Waals surface area contributed by atoms with Crippen LogP contribution in [0, 0.1) is 6.42 Å². The summed E-state index contributed by atoms with van der Waals surface area (Å²) in [5.41, 5.74) is 2.32. The molecule has 0 radical (unpaired) electrons. The van der Waals surface area contributed by atoms with Crippen molar-refractivity contribution in [1.29, 1.82) is 0 Å². The van der Waals surface area contributed by atoms with Gasteiger partial charge in [-0.25, -0.2) is 0 Å². The summed E-state index contributed by atoms with van der Waals surface area (Å²) in [4.78, 5) is 0. The van der Waals surface area contributed by atoms with Crippen molar-refractivity contribution in [3.05, 3.63) is 60.0 Å². The van der Waals surface area contributed by atoms with Crippen molar-refractivity contribution in [1.82, 2.24) is 0 Å². The number of rotatable bonds is 0. The first-order valence-electron chi connectivity index (χ1n) is 5.07. The molecular formula is C14H11O+. The molecule has 1 heteroatoms. The Labute approximate surface area is 88.7 Å². The molecule has 2 aromatic carbocycles. The molecule has 0 fully saturated rings. The molecule has 0 aromatic heterocycles. The molecule has 0 bridgehead atoms. The molecule has 3 rings (SSSR count). The molecule has 1 atom stereocenters. The number of hydrogen-bond donors (Lipinski definition) is 1. The summed E-state index contributed by atoms with van der Waals surface area (Å²) in [7, 11) is 0. The van der Waals surface area contributed by atoms with Crippen LogP contribution in [0.25, 0.3) is 16.8 Å². The van der Waals surface area contributed by atoms with E-state index in [1.165, 1.54) is 16.3 Å². The molecule has 1 N–H and O–H groups in total. The number of hydrogen-bond acceptors (Lipinski definition) is 1. The maximum Gasteiger partial charge on any atom is 0.148 e. The zero-order chi connectivity index (χ0) is 10.3. The average Bonchev–Trinajstić information content (AvgIpc) is 2.29. The lowest BCUT2D eigenvalue weighted by molar-refractivity contribution is 0.259. The Bertz CT molecular complexity index is 540. The molecule has 0 saturated heterocycles. The van der Waals surface area contributed by atoms with Gasteiger partial charge in [-0.15, -0.1) is 0 Å². The highest BCUT2D eigenvalue weighted by atomic mass is 16.3. The van der Waals surface area contributed by atoms with Crippen LogP contribution < -0.4 is 0 Å². The minimum absolute atomic E-state index is 0.455. The largest absolute Gasteiger partial charge is 0.373 e. The van der Waals surface area contributed by atoms with Crippen LogP contribution in [0.5, 0.6) is 0 Å². The monoisotopic (exact) mass is 195 g/mol. The molecule has 1 nitrogen and oxygen atoms in total. The number of fused-ring (bicyclic) bond motifs is 3. The smallest absolute Gasteiger partial charge is 0.148 e. The predicted molar refractivity (Wildman–Crippen MR) is 62.4 cm³/mol. The van der Waals surface area contributed by atoms with E-state index in [1.807, 2.05) is 24.6 Å². The molecule has 1 aliphatic rings. The Hall–Kier alpha value is -1.73. The molecule has 15 heavy (non-hydrogen) atoms. The Balaban J connectivity index is 2.34. The average molecular weight is 195 g/mol. The van der Waals surface area contributed by atoms with Crippen molar-refractivity contribution in [3.63, 3.8) is 0 Å². The van der Waals surface area contributed by atoms with Gasteiger partial charge in [-0.1, -0.05) is 6.07 Å². The van der Waals surface area contributed by atoms with E-state index in [4.69, 9.17) is 0 Å². The zero-order valence-electron chi connectivity index (χ0n) is 8.22. The quantitative estimate of drug-likeness (QED) is 0.641. The minimum Gasteiger partial charge on any atom is -0.373 e. The maximum absolute atomic E-state index is 9.57. The standard InChI is InChI=1S/C14H11O/c15-12-8-7-11-6-5-10-3-1-2-4-13(10)14(11)9-12/h1-9,12,15H/q+1/t12-/m0/s1. The lowest BCUT2D eigenvalue weighted by atomic mass is 9.91. The molecule has 0 unspecified atom stereocenters. The third-order valence-corrected chi connectivity index (χ3v) is 2.81. The van der Waals surface area contributed by atoms with Gasteiger partial charge < -0.3 is 5.11 Å². The van der Waals surface area contributed by atoms with E-state index in [0.717, 1.165) is 5.56 Å². The summed E-state index contributed by atoms with van der Waals surface area (Å²) >= 11 is 0. The van der Waals surface area contributed by atoms with Crippen LogP contribution in [0.1, 0.15) is 11.1 Å². The topological polar surface area (TPSA) is 20.2 Å². The third kappa shape index (κ3) is 1.32. The second-order valence-electron chi connectivity index (χ2n) is 3.81. The van der Waals surface area contributed by atoms with Crippen molar-refractivity contribution < 1.29 is 5.11 Å². The van der Waals surface area contributed by atoms with Gasteiger partial charge in [0.1, 0.15) is 11.7 Å². The summed E-state index contributed by atoms with van der Waals surface area (Å²) in [6.07, 6.45) is 5.23. The van der Waals surface area contributed by atoms with Gasteiger partial charge >= 0.3 is 0 Å². The molecule has 0 spiro atoms. The molecule has 0 aliphatic heterocycles. The molecule has 2 aromatic rings. The van der Waals surface area contributed by atoms with Gasteiger partial charge in [0.15, 0.2) is 0 Å². The highest BCUT2D eigenvalue weighted by molar-refractivity contribution is 5.90. The van der Waals surface area contributed by atoms with E-state index >= 15 is 0 Å². The third-order valence-electron chi connectivity index (χ3n) is 2.81. The minimum atomic E-state index is -0.455. The number of aliphatic hydroxyl groups is 1. The summed E-state index contributed by atoms with van der Waals surface area (Å²) in [6.45, 7) is 0. The highest BCUT2D eigenvalue weighted by Gasteiger charge is 2.21. The Morgan fingerprint density at radius 1 is 1.07 bits per heavy atom. The summed E-state index contributed by atoms with van der Waals surface area (Å²) in [5, 5.41) is 12.0. The molecular weight excluding hydrogens is 184 g/mol. The van der Waals surface area contributed by atoms with Crippen molar-refractivity contribution in [2.45, 2.75) is 6.10 Å². The first kappa shape index (κ1) is 8.57. The van der Waals surface area contributed by atoms with Crippen LogP contribution >= 0.6 is 0 Å². The van der Waals surface area contributed by atoms with Crippen molar-refractivity contribution in [3.8, 4) is 0 Å². The summed E-state index contributed by atoms with van der Waals surface area (Å²) in [6, 6.07) is 12.5. The highest BCUT2D eigenvalue weighted by Crippen LogP contribution is 2.28. The lowest BCUT2D eigenvalue weighted by Crippen LogP contribution is -2.09. The molecule has 0 heterocycles. The van der Waals surface area contributed by atoms with Gasteiger partial charge in [-0.05, 0) is 24.3 Å². The van der Waals surface area contributed by atoms with Gasteiger partial charge in [0, 0.05) is 23.6 Å². The van der Waals surface area contributed by atoms with Crippen LogP contribution in [0.3, 0.4) is 0 Å². The van der Waals surface area contributed by atoms with Crippen LogP contribution in [-0.2, 0) is 0 Å². The van der Waals surface area contributed by atoms with Crippen molar-refractivity contribution in [2.24, 2.45) is 0 Å². The Morgan fingerprint density at radius 2 is 1.93 bits per heavy atom. The van der Waals surface area contributed by atoms with E-state index in [2.05, 4.69) is 24.3 Å². The van der Waals surface area contributed by atoms with Gasteiger partial charge in [-0.2, -0.15) is 0 Å². The normalized spacial score (nSPS) is 18.6. The van der Waals surface area contributed by atoms with Gasteiger partial charge in [0.05, 0.1) is 17.4 Å². The van der Waals surface area contributed by atoms with Crippen LogP contribution in [-0.4, -0.2) is 11.2 Å². The Morgan fingerprint density at radius 3 is 2.87 bits per heavy atom. The summed E-state index contributed by atoms with van der Waals surface area (Å²) < 4.78 is 0. The van der Waals surface area contributed by atoms with Crippen LogP contribution in [0.15, 0.2) is 42.5 Å². The van der Waals surface area contributed by atoms with E-state index < -0.39 is 6.10 Å². The fourth-order valence-corrected chi connectivity index (χ4v) is 2.07. The zero-order valence-corrected chi connectivity index (χ0v) is 8.22. The van der Waals surface area contributed by atoms with Crippen LogP contribution in [0.4, 0.5) is 0 Å². The van der Waals surface area contributed by atoms with E-state index in [9.17, 15) is 5.11 Å². The van der Waals surface area contributed by atoms with Crippen molar-refractivity contribution in [2.75, 3.05) is 0 Å². The predicted octanol–water partition coefficient (Wildman–Crippen LogP) is 2.78. The number of benzene rings is 2. The first-order valence-corrected chi connectivity index (χ1v) is 5.07. The van der Waals surface area contributed by atoms with E-state index in [-0.39, 0.29) is 0 Å². The maximum atomic E-state index is 9.57. The van der Waals surface area contributed by atoms with E-state index in [1.54, 1.807) is 6.08 Å². The van der Waals surface area contributed by atoms with Crippen molar-refractivity contribution >= 4 is 16.8 Å². The lowest BCUT2D eigenvalue weighted by Gasteiger charge is -2.09. The molecule has 72 valence electrons. The fourth-order valence-electron chi connectivity index (χ4n) is 2.07. The summed E-state index contributed by atoms with van der Waals surface area (Å²) in [5.74, 6) is 0. The SMILES string of the molecule is O[C@H]1C=Cc2ccc3ccccc3c2[CH+]1. The van der Waals surface area contributed by atoms with Gasteiger partial charge in [0.2, 0.25) is 0 Å². The molecule has 0 amide bonds. The first-order chi connectivity index (χ1) is 7.34.